The first-order valence-corrected chi connectivity index (χ1v) is 6.33. The van der Waals surface area contributed by atoms with E-state index in [2.05, 4.69) is 31.2 Å². The average Bonchev–Trinajstić information content (AvgIpc) is 2.83. The summed E-state index contributed by atoms with van der Waals surface area (Å²) in [5.74, 6) is -0.0316. The van der Waals surface area contributed by atoms with Crippen molar-refractivity contribution in [2.24, 2.45) is 0 Å². The van der Waals surface area contributed by atoms with Gasteiger partial charge in [0.15, 0.2) is 0 Å². The van der Waals surface area contributed by atoms with Crippen molar-refractivity contribution < 1.29 is 4.79 Å². The summed E-state index contributed by atoms with van der Waals surface area (Å²) in [6.45, 7) is 2.48. The molecule has 2 heterocycles. The van der Waals surface area contributed by atoms with E-state index in [-0.39, 0.29) is 5.91 Å². The summed E-state index contributed by atoms with van der Waals surface area (Å²) in [6, 6.07) is 3.64. The molecule has 0 aliphatic heterocycles. The fourth-order valence-corrected chi connectivity index (χ4v) is 1.92. The second-order valence-electron chi connectivity index (χ2n) is 3.87. The van der Waals surface area contributed by atoms with Gasteiger partial charge in [0.05, 0.1) is 17.7 Å². The number of rotatable bonds is 4. The number of imidazole rings is 1. The van der Waals surface area contributed by atoms with E-state index in [4.69, 9.17) is 0 Å². The molecule has 0 atom stereocenters. The highest BCUT2D eigenvalue weighted by atomic mass is 79.9. The number of halogens is 1. The van der Waals surface area contributed by atoms with Gasteiger partial charge in [-0.25, -0.2) is 9.97 Å². The molecule has 1 amide bonds. The molecular formula is C12H13BrN4O. The van der Waals surface area contributed by atoms with Crippen LogP contribution in [0.1, 0.15) is 12.1 Å². The Bertz CT molecular complexity index is 539. The Balaban J connectivity index is 1.91. The normalized spacial score (nSPS) is 10.3. The van der Waals surface area contributed by atoms with Gasteiger partial charge >= 0.3 is 0 Å². The van der Waals surface area contributed by atoms with Crippen molar-refractivity contribution in [3.63, 3.8) is 0 Å². The lowest BCUT2D eigenvalue weighted by atomic mass is 10.3. The summed E-state index contributed by atoms with van der Waals surface area (Å²) in [4.78, 5) is 19.9. The van der Waals surface area contributed by atoms with Crippen LogP contribution in [0.3, 0.4) is 0 Å². The topological polar surface area (TPSA) is 59.8 Å². The number of aryl methyl sites for hydroxylation is 2. The van der Waals surface area contributed by atoms with E-state index >= 15 is 0 Å². The Morgan fingerprint density at radius 2 is 2.33 bits per heavy atom. The first-order valence-electron chi connectivity index (χ1n) is 5.54. The van der Waals surface area contributed by atoms with Crippen LogP contribution in [0.4, 0.5) is 5.69 Å². The molecule has 6 heteroatoms. The number of amides is 1. The van der Waals surface area contributed by atoms with E-state index in [1.54, 1.807) is 18.6 Å². The molecule has 0 bridgehead atoms. The molecule has 0 saturated carbocycles. The second-order valence-corrected chi connectivity index (χ2v) is 4.68. The summed E-state index contributed by atoms with van der Waals surface area (Å²) in [5, 5.41) is 2.84. The van der Waals surface area contributed by atoms with Crippen molar-refractivity contribution in [1.29, 1.82) is 0 Å². The molecule has 0 saturated heterocycles. The van der Waals surface area contributed by atoms with E-state index in [9.17, 15) is 4.79 Å². The highest BCUT2D eigenvalue weighted by Crippen LogP contribution is 2.16. The predicted octanol–water partition coefficient (Wildman–Crippen LogP) is 2.38. The maximum atomic E-state index is 11.8. The Hall–Kier alpha value is -1.69. The van der Waals surface area contributed by atoms with E-state index < -0.39 is 0 Å². The van der Waals surface area contributed by atoms with E-state index in [1.807, 2.05) is 23.8 Å². The van der Waals surface area contributed by atoms with Crippen molar-refractivity contribution >= 4 is 27.5 Å². The van der Waals surface area contributed by atoms with Gasteiger partial charge in [-0.05, 0) is 35.0 Å². The molecule has 18 heavy (non-hydrogen) atoms. The van der Waals surface area contributed by atoms with Crippen LogP contribution in [0, 0.1) is 6.92 Å². The largest absolute Gasteiger partial charge is 0.337 e. The van der Waals surface area contributed by atoms with Crippen LogP contribution in [0.5, 0.6) is 0 Å². The number of hydrogen-bond acceptors (Lipinski definition) is 3. The van der Waals surface area contributed by atoms with Crippen molar-refractivity contribution in [1.82, 2.24) is 14.5 Å². The molecule has 0 spiro atoms. The Morgan fingerprint density at radius 3 is 3.00 bits per heavy atom. The zero-order chi connectivity index (χ0) is 13.0. The average molecular weight is 309 g/mol. The van der Waals surface area contributed by atoms with Crippen molar-refractivity contribution in [2.45, 2.75) is 19.9 Å². The highest BCUT2D eigenvalue weighted by molar-refractivity contribution is 9.10. The first-order chi connectivity index (χ1) is 8.65. The Kier molecular flexibility index (Phi) is 4.09. The lowest BCUT2D eigenvalue weighted by molar-refractivity contribution is -0.116. The van der Waals surface area contributed by atoms with E-state index in [1.165, 1.54) is 0 Å². The third-order valence-electron chi connectivity index (χ3n) is 2.48. The van der Waals surface area contributed by atoms with Crippen LogP contribution in [-0.4, -0.2) is 20.4 Å². The molecule has 5 nitrogen and oxygen atoms in total. The number of anilines is 1. The van der Waals surface area contributed by atoms with Crippen LogP contribution in [-0.2, 0) is 11.3 Å². The van der Waals surface area contributed by atoms with Gasteiger partial charge in [0.2, 0.25) is 5.91 Å². The first kappa shape index (κ1) is 12.8. The molecule has 0 unspecified atom stereocenters. The lowest BCUT2D eigenvalue weighted by Crippen LogP contribution is -2.15. The van der Waals surface area contributed by atoms with Crippen molar-refractivity contribution in [3.05, 3.63) is 41.2 Å². The second kappa shape index (κ2) is 5.77. The van der Waals surface area contributed by atoms with Crippen LogP contribution in [0.2, 0.25) is 0 Å². The van der Waals surface area contributed by atoms with Crippen LogP contribution < -0.4 is 5.32 Å². The number of carbonyl (C=O) groups is 1. The standard InChI is InChI=1S/C12H13BrN4O/c1-9-10(2-3-11(13)15-9)16-12(18)4-6-17-7-5-14-8-17/h2-3,5,7-8H,4,6H2,1H3,(H,16,18). The van der Waals surface area contributed by atoms with Gasteiger partial charge in [-0.1, -0.05) is 0 Å². The number of nitrogens with one attached hydrogen (secondary N) is 1. The SMILES string of the molecule is Cc1nc(Br)ccc1NC(=O)CCn1ccnc1. The summed E-state index contributed by atoms with van der Waals surface area (Å²) in [7, 11) is 0. The summed E-state index contributed by atoms with van der Waals surface area (Å²) < 4.78 is 2.63. The molecule has 2 aromatic rings. The fourth-order valence-electron chi connectivity index (χ4n) is 1.52. The van der Waals surface area contributed by atoms with Gasteiger partial charge < -0.3 is 9.88 Å². The monoisotopic (exact) mass is 308 g/mol. The molecule has 1 N–H and O–H groups in total. The fraction of sp³-hybridized carbons (Fsp3) is 0.250. The number of carbonyl (C=O) groups excluding carboxylic acids is 1. The van der Waals surface area contributed by atoms with Crippen LogP contribution in [0.15, 0.2) is 35.5 Å². The maximum Gasteiger partial charge on any atom is 0.226 e. The maximum absolute atomic E-state index is 11.8. The Morgan fingerprint density at radius 1 is 1.50 bits per heavy atom. The zero-order valence-corrected chi connectivity index (χ0v) is 11.5. The molecule has 94 valence electrons. The van der Waals surface area contributed by atoms with Gasteiger partial charge in [0.25, 0.3) is 0 Å². The van der Waals surface area contributed by atoms with E-state index in [0.717, 1.165) is 16.0 Å². The highest BCUT2D eigenvalue weighted by Gasteiger charge is 2.06. The number of aromatic nitrogens is 3. The summed E-state index contributed by atoms with van der Waals surface area (Å²) >= 11 is 3.29. The van der Waals surface area contributed by atoms with Gasteiger partial charge in [0.1, 0.15) is 4.60 Å². The van der Waals surface area contributed by atoms with Gasteiger partial charge in [0, 0.05) is 25.4 Å². The minimum Gasteiger partial charge on any atom is -0.337 e. The molecule has 0 radical (unpaired) electrons. The summed E-state index contributed by atoms with van der Waals surface area (Å²) in [5.41, 5.74) is 1.54. The molecule has 0 aromatic carbocycles. The lowest BCUT2D eigenvalue weighted by Gasteiger charge is -2.08. The quantitative estimate of drug-likeness (QED) is 0.882. The molecule has 2 rings (SSSR count). The van der Waals surface area contributed by atoms with E-state index in [0.29, 0.717) is 13.0 Å². The van der Waals surface area contributed by atoms with Crippen molar-refractivity contribution in [2.75, 3.05) is 5.32 Å². The number of pyridine rings is 1. The predicted molar refractivity (Wildman–Crippen MR) is 72.1 cm³/mol. The van der Waals surface area contributed by atoms with Gasteiger partial charge in [-0.15, -0.1) is 0 Å². The smallest absolute Gasteiger partial charge is 0.226 e. The molecule has 0 aliphatic rings. The number of hydrogen-bond donors (Lipinski definition) is 1. The third-order valence-corrected chi connectivity index (χ3v) is 2.92. The molecule has 0 aliphatic carbocycles. The molecule has 2 aromatic heterocycles. The minimum absolute atomic E-state index is 0.0316. The van der Waals surface area contributed by atoms with Gasteiger partial charge in [-0.3, -0.25) is 4.79 Å². The minimum atomic E-state index is -0.0316. The number of nitrogens with zero attached hydrogens (tertiary/aromatic N) is 3. The van der Waals surface area contributed by atoms with Crippen LogP contribution >= 0.6 is 15.9 Å². The van der Waals surface area contributed by atoms with Crippen LogP contribution in [0.25, 0.3) is 0 Å². The Labute approximate surface area is 113 Å². The van der Waals surface area contributed by atoms with Gasteiger partial charge in [-0.2, -0.15) is 0 Å². The van der Waals surface area contributed by atoms with Crippen molar-refractivity contribution in [3.8, 4) is 0 Å². The molecular weight excluding hydrogens is 296 g/mol. The third kappa shape index (κ3) is 3.40. The molecule has 0 fully saturated rings. The zero-order valence-electron chi connectivity index (χ0n) is 9.93. The summed E-state index contributed by atoms with van der Waals surface area (Å²) in [6.07, 6.45) is 5.63.